The lowest BCUT2D eigenvalue weighted by Gasteiger charge is -2.16. The summed E-state index contributed by atoms with van der Waals surface area (Å²) in [5.41, 5.74) is 0.738. The number of quaternary nitrogens is 1. The summed E-state index contributed by atoms with van der Waals surface area (Å²) in [7, 11) is 0. The number of carbonyl (C=O) groups excluding carboxylic acids is 1. The molecule has 3 rings (SSSR count). The fourth-order valence-electron chi connectivity index (χ4n) is 2.86. The average Bonchev–Trinajstić information content (AvgIpc) is 3.35. The van der Waals surface area contributed by atoms with Crippen LogP contribution in [0.15, 0.2) is 51.5 Å². The van der Waals surface area contributed by atoms with Gasteiger partial charge in [0.05, 0.1) is 19.4 Å². The molecule has 0 bridgehead atoms. The van der Waals surface area contributed by atoms with Crippen molar-refractivity contribution in [1.29, 1.82) is 0 Å². The fourth-order valence-corrected chi connectivity index (χ4v) is 2.86. The van der Waals surface area contributed by atoms with E-state index in [0.717, 1.165) is 29.3 Å². The summed E-state index contributed by atoms with van der Waals surface area (Å²) in [5.74, 6) is 2.06. The van der Waals surface area contributed by atoms with Crippen molar-refractivity contribution in [2.45, 2.75) is 26.8 Å². The number of carbonyl (C=O) groups is 1. The third-order valence-electron chi connectivity index (χ3n) is 4.06. The fraction of sp³-hybridized carbons (Fsp3) is 0.350. The van der Waals surface area contributed by atoms with Crippen molar-refractivity contribution in [3.05, 3.63) is 48.6 Å². The van der Waals surface area contributed by atoms with Crippen LogP contribution in [0.2, 0.25) is 0 Å². The van der Waals surface area contributed by atoms with Gasteiger partial charge in [-0.2, -0.15) is 0 Å². The molecule has 0 radical (unpaired) electrons. The van der Waals surface area contributed by atoms with Gasteiger partial charge in [0.2, 0.25) is 0 Å². The van der Waals surface area contributed by atoms with Gasteiger partial charge in [-0.3, -0.25) is 4.79 Å². The van der Waals surface area contributed by atoms with Crippen LogP contribution in [0.3, 0.4) is 0 Å². The third-order valence-corrected chi connectivity index (χ3v) is 4.06. The van der Waals surface area contributed by atoms with Gasteiger partial charge < -0.3 is 23.8 Å². The zero-order chi connectivity index (χ0) is 19.8. The molecule has 8 heteroatoms. The average molecular weight is 385 g/mol. The molecule has 2 heterocycles. The van der Waals surface area contributed by atoms with Crippen LogP contribution in [0.1, 0.15) is 26.2 Å². The molecule has 0 aliphatic carbocycles. The molecule has 148 valence electrons. The first-order chi connectivity index (χ1) is 13.7. The lowest BCUT2D eigenvalue weighted by molar-refractivity contribution is -0.907. The van der Waals surface area contributed by atoms with Crippen molar-refractivity contribution in [3.63, 3.8) is 0 Å². The van der Waals surface area contributed by atoms with Crippen LogP contribution < -0.4 is 15.0 Å². The minimum absolute atomic E-state index is 0.0709. The topological polar surface area (TPSA) is 94.8 Å². The molecule has 0 spiro atoms. The zero-order valence-electron chi connectivity index (χ0n) is 16.1. The number of anilines is 1. The number of aromatic nitrogens is 2. The highest BCUT2D eigenvalue weighted by Crippen LogP contribution is 2.17. The van der Waals surface area contributed by atoms with E-state index >= 15 is 0 Å². The Morgan fingerprint density at radius 2 is 2.00 bits per heavy atom. The molecule has 2 aromatic heterocycles. The number of furan rings is 1. The summed E-state index contributed by atoms with van der Waals surface area (Å²) in [6, 6.07) is 10.9. The summed E-state index contributed by atoms with van der Waals surface area (Å²) in [4.78, 5) is 13.5. The van der Waals surface area contributed by atoms with E-state index in [0.29, 0.717) is 37.2 Å². The van der Waals surface area contributed by atoms with Gasteiger partial charge in [0, 0.05) is 5.69 Å². The van der Waals surface area contributed by atoms with E-state index in [1.807, 2.05) is 31.2 Å². The number of rotatable bonds is 10. The maximum atomic E-state index is 12.4. The Labute approximate surface area is 163 Å². The van der Waals surface area contributed by atoms with Gasteiger partial charge in [0.25, 0.3) is 17.7 Å². The Morgan fingerprint density at radius 3 is 2.68 bits per heavy atom. The standard InChI is InChI=1S/C20H24N4O4/c1-3-11-24(14-19-22-23-20(28-19)17-6-5-12-27-17)13-18(25)21-15-7-9-16(10-8-15)26-4-2/h5-10,12H,3-4,11,13-14H2,1-2H3,(H,21,25)/p+1. The number of nitrogens with zero attached hydrogens (tertiary/aromatic N) is 2. The summed E-state index contributed by atoms with van der Waals surface area (Å²) < 4.78 is 16.3. The summed E-state index contributed by atoms with van der Waals surface area (Å²) in [6.07, 6.45) is 2.49. The molecule has 1 aromatic carbocycles. The van der Waals surface area contributed by atoms with Crippen molar-refractivity contribution >= 4 is 11.6 Å². The summed E-state index contributed by atoms with van der Waals surface area (Å²) in [6.45, 7) is 6.21. The Kier molecular flexibility index (Phi) is 6.80. The smallest absolute Gasteiger partial charge is 0.283 e. The third kappa shape index (κ3) is 5.43. The minimum atomic E-state index is -0.0709. The predicted octanol–water partition coefficient (Wildman–Crippen LogP) is 2.16. The first-order valence-corrected chi connectivity index (χ1v) is 9.40. The van der Waals surface area contributed by atoms with Crippen LogP contribution in [0.25, 0.3) is 11.7 Å². The van der Waals surface area contributed by atoms with Crippen LogP contribution >= 0.6 is 0 Å². The first kappa shape index (κ1) is 19.6. The van der Waals surface area contributed by atoms with E-state index in [1.54, 1.807) is 18.4 Å². The Balaban J connectivity index is 1.57. The molecule has 0 aliphatic rings. The maximum Gasteiger partial charge on any atom is 0.283 e. The highest BCUT2D eigenvalue weighted by molar-refractivity contribution is 5.91. The number of benzene rings is 1. The normalized spacial score (nSPS) is 11.9. The molecule has 3 aromatic rings. The molecule has 2 N–H and O–H groups in total. The van der Waals surface area contributed by atoms with Crippen LogP contribution in [-0.2, 0) is 11.3 Å². The van der Waals surface area contributed by atoms with Crippen LogP contribution in [-0.4, -0.2) is 35.8 Å². The molecule has 0 aliphatic heterocycles. The van der Waals surface area contributed by atoms with E-state index in [9.17, 15) is 4.79 Å². The first-order valence-electron chi connectivity index (χ1n) is 9.40. The Morgan fingerprint density at radius 1 is 1.18 bits per heavy atom. The quantitative estimate of drug-likeness (QED) is 0.555. The molecule has 1 atom stereocenters. The van der Waals surface area contributed by atoms with Crippen molar-refractivity contribution in [2.24, 2.45) is 0 Å². The number of hydrogen-bond donors (Lipinski definition) is 2. The van der Waals surface area contributed by atoms with Crippen molar-refractivity contribution in [1.82, 2.24) is 10.2 Å². The predicted molar refractivity (Wildman–Crippen MR) is 103 cm³/mol. The highest BCUT2D eigenvalue weighted by Gasteiger charge is 2.19. The molecule has 1 amide bonds. The molecule has 1 unspecified atom stereocenters. The second-order valence-corrected chi connectivity index (χ2v) is 6.34. The second-order valence-electron chi connectivity index (χ2n) is 6.34. The monoisotopic (exact) mass is 385 g/mol. The molecule has 28 heavy (non-hydrogen) atoms. The molecular weight excluding hydrogens is 360 g/mol. The highest BCUT2D eigenvalue weighted by atomic mass is 16.5. The zero-order valence-corrected chi connectivity index (χ0v) is 16.1. The molecule has 0 fully saturated rings. The van der Waals surface area contributed by atoms with Gasteiger partial charge in [-0.15, -0.1) is 10.2 Å². The van der Waals surface area contributed by atoms with Crippen molar-refractivity contribution in [3.8, 4) is 17.4 Å². The van der Waals surface area contributed by atoms with Gasteiger partial charge in [-0.25, -0.2) is 0 Å². The Bertz CT molecular complexity index is 859. The van der Waals surface area contributed by atoms with Gasteiger partial charge in [-0.05, 0) is 49.7 Å². The molecular formula is C20H25N4O4+. The van der Waals surface area contributed by atoms with Gasteiger partial charge in [0.15, 0.2) is 18.8 Å². The minimum Gasteiger partial charge on any atom is -0.494 e. The van der Waals surface area contributed by atoms with Crippen LogP contribution in [0.4, 0.5) is 5.69 Å². The number of hydrogen-bond acceptors (Lipinski definition) is 6. The lowest BCUT2D eigenvalue weighted by Crippen LogP contribution is -3.11. The maximum absolute atomic E-state index is 12.4. The van der Waals surface area contributed by atoms with E-state index in [4.69, 9.17) is 13.6 Å². The van der Waals surface area contributed by atoms with E-state index in [-0.39, 0.29) is 5.91 Å². The number of ether oxygens (including phenoxy) is 1. The van der Waals surface area contributed by atoms with Crippen molar-refractivity contribution in [2.75, 3.05) is 25.0 Å². The van der Waals surface area contributed by atoms with E-state index in [2.05, 4.69) is 22.4 Å². The van der Waals surface area contributed by atoms with Crippen LogP contribution in [0, 0.1) is 0 Å². The van der Waals surface area contributed by atoms with E-state index < -0.39 is 0 Å². The molecule has 0 saturated heterocycles. The SMILES string of the molecule is CCC[NH+](CC(=O)Nc1ccc(OCC)cc1)Cc1nnc(-c2ccco2)o1. The summed E-state index contributed by atoms with van der Waals surface area (Å²) >= 11 is 0. The van der Waals surface area contributed by atoms with Crippen molar-refractivity contribution < 1.29 is 23.3 Å². The largest absolute Gasteiger partial charge is 0.494 e. The summed E-state index contributed by atoms with van der Waals surface area (Å²) in [5, 5.41) is 11.0. The van der Waals surface area contributed by atoms with Gasteiger partial charge in [-0.1, -0.05) is 6.92 Å². The van der Waals surface area contributed by atoms with Crippen LogP contribution in [0.5, 0.6) is 5.75 Å². The number of amides is 1. The van der Waals surface area contributed by atoms with Gasteiger partial charge in [0.1, 0.15) is 5.75 Å². The molecule has 0 saturated carbocycles. The second kappa shape index (κ2) is 9.70. The van der Waals surface area contributed by atoms with Gasteiger partial charge >= 0.3 is 0 Å². The molecule has 8 nitrogen and oxygen atoms in total. The Hall–Kier alpha value is -3.13. The van der Waals surface area contributed by atoms with E-state index in [1.165, 1.54) is 0 Å². The lowest BCUT2D eigenvalue weighted by atomic mass is 10.3. The number of nitrogens with one attached hydrogen (secondary N) is 2.